The highest BCUT2D eigenvalue weighted by molar-refractivity contribution is 6.00. The molecule has 0 bridgehead atoms. The molecule has 1 heterocycles. The van der Waals surface area contributed by atoms with E-state index in [1.54, 1.807) is 0 Å². The Bertz CT molecular complexity index is 381. The van der Waals surface area contributed by atoms with Crippen molar-refractivity contribution in [2.75, 3.05) is 6.61 Å². The van der Waals surface area contributed by atoms with Gasteiger partial charge in [0.15, 0.2) is 0 Å². The zero-order chi connectivity index (χ0) is 13.9. The van der Waals surface area contributed by atoms with Crippen molar-refractivity contribution in [3.05, 3.63) is 12.2 Å². The van der Waals surface area contributed by atoms with Crippen LogP contribution in [0.2, 0.25) is 0 Å². The fourth-order valence-electron chi connectivity index (χ4n) is 2.86. The summed E-state index contributed by atoms with van der Waals surface area (Å²) in [6, 6.07) is 0. The third-order valence-corrected chi connectivity index (χ3v) is 4.01. The molecule has 0 unspecified atom stereocenters. The van der Waals surface area contributed by atoms with Crippen LogP contribution in [0.3, 0.4) is 0 Å². The van der Waals surface area contributed by atoms with Crippen molar-refractivity contribution in [2.24, 2.45) is 5.92 Å². The van der Waals surface area contributed by atoms with Gasteiger partial charge in [-0.2, -0.15) is 0 Å². The van der Waals surface area contributed by atoms with Gasteiger partial charge in [-0.05, 0) is 32.3 Å². The average molecular weight is 265 g/mol. The van der Waals surface area contributed by atoms with E-state index < -0.39 is 11.6 Å². The zero-order valence-corrected chi connectivity index (χ0v) is 11.9. The second-order valence-electron chi connectivity index (χ2n) is 6.18. The molecule has 4 heteroatoms. The predicted octanol–water partition coefficient (Wildman–Crippen LogP) is 3.27. The Morgan fingerprint density at radius 2 is 2.05 bits per heavy atom. The minimum atomic E-state index is -0.538. The molecule has 2 fully saturated rings. The van der Waals surface area contributed by atoms with E-state index in [1.807, 2.05) is 19.9 Å². The normalized spacial score (nSPS) is 23.9. The standard InChI is InChI=1S/C15H23NO3/c1-15(2)11-19-14(18)16(15)13(17)10-6-9-12-7-4-3-5-8-12/h6,10,12H,3-5,7-9,11H2,1-2H3/b10-6+. The van der Waals surface area contributed by atoms with Crippen LogP contribution in [0.4, 0.5) is 4.79 Å². The van der Waals surface area contributed by atoms with Gasteiger partial charge in [-0.1, -0.05) is 38.2 Å². The molecule has 1 saturated heterocycles. The first kappa shape index (κ1) is 14.1. The Morgan fingerprint density at radius 1 is 1.37 bits per heavy atom. The summed E-state index contributed by atoms with van der Waals surface area (Å²) in [5, 5.41) is 0. The van der Waals surface area contributed by atoms with Crippen molar-refractivity contribution < 1.29 is 14.3 Å². The van der Waals surface area contributed by atoms with Crippen LogP contribution >= 0.6 is 0 Å². The highest BCUT2D eigenvalue weighted by Crippen LogP contribution is 2.27. The Labute approximate surface area is 114 Å². The average Bonchev–Trinajstić information content (AvgIpc) is 2.64. The summed E-state index contributed by atoms with van der Waals surface area (Å²) in [7, 11) is 0. The first-order valence-corrected chi connectivity index (χ1v) is 7.18. The molecule has 1 saturated carbocycles. The molecule has 1 aliphatic heterocycles. The SMILES string of the molecule is CC1(C)COC(=O)N1C(=O)/C=C/CC1CCCCC1. The molecule has 0 aromatic carbocycles. The number of ether oxygens (including phenoxy) is 1. The first-order chi connectivity index (χ1) is 9.00. The van der Waals surface area contributed by atoms with Gasteiger partial charge in [0.25, 0.3) is 5.91 Å². The van der Waals surface area contributed by atoms with E-state index in [9.17, 15) is 9.59 Å². The molecule has 2 rings (SSSR count). The van der Waals surface area contributed by atoms with Crippen LogP contribution in [-0.2, 0) is 9.53 Å². The highest BCUT2D eigenvalue weighted by atomic mass is 16.6. The second-order valence-corrected chi connectivity index (χ2v) is 6.18. The van der Waals surface area contributed by atoms with Gasteiger partial charge in [0.2, 0.25) is 0 Å². The molecule has 0 aromatic heterocycles. The summed E-state index contributed by atoms with van der Waals surface area (Å²) in [6.45, 7) is 3.95. The lowest BCUT2D eigenvalue weighted by atomic mass is 9.87. The van der Waals surface area contributed by atoms with E-state index in [-0.39, 0.29) is 12.5 Å². The Kier molecular flexibility index (Phi) is 4.27. The summed E-state index contributed by atoms with van der Waals surface area (Å²) >= 11 is 0. The van der Waals surface area contributed by atoms with Crippen molar-refractivity contribution in [1.29, 1.82) is 0 Å². The maximum atomic E-state index is 12.1. The van der Waals surface area contributed by atoms with Crippen LogP contribution in [0.25, 0.3) is 0 Å². The van der Waals surface area contributed by atoms with Crippen LogP contribution in [0.15, 0.2) is 12.2 Å². The maximum Gasteiger partial charge on any atom is 0.417 e. The predicted molar refractivity (Wildman–Crippen MR) is 72.6 cm³/mol. The van der Waals surface area contributed by atoms with Crippen molar-refractivity contribution >= 4 is 12.0 Å². The zero-order valence-electron chi connectivity index (χ0n) is 11.9. The smallest absolute Gasteiger partial charge is 0.417 e. The van der Waals surface area contributed by atoms with E-state index in [0.717, 1.165) is 6.42 Å². The van der Waals surface area contributed by atoms with E-state index >= 15 is 0 Å². The number of amides is 2. The van der Waals surface area contributed by atoms with Gasteiger partial charge in [0, 0.05) is 0 Å². The van der Waals surface area contributed by atoms with Gasteiger partial charge in [0.1, 0.15) is 6.61 Å². The van der Waals surface area contributed by atoms with Crippen LogP contribution in [-0.4, -0.2) is 29.0 Å². The van der Waals surface area contributed by atoms with Crippen molar-refractivity contribution in [1.82, 2.24) is 4.90 Å². The summed E-state index contributed by atoms with van der Waals surface area (Å²) in [5.74, 6) is 0.444. The molecule has 0 N–H and O–H groups in total. The Hall–Kier alpha value is -1.32. The first-order valence-electron chi connectivity index (χ1n) is 7.18. The van der Waals surface area contributed by atoms with E-state index in [4.69, 9.17) is 4.74 Å². The summed E-state index contributed by atoms with van der Waals surface area (Å²) in [6.07, 6.45) is 10.3. The number of hydrogen-bond acceptors (Lipinski definition) is 3. The Balaban J connectivity index is 1.87. The lowest BCUT2D eigenvalue weighted by Gasteiger charge is -2.24. The second kappa shape index (κ2) is 5.76. The highest BCUT2D eigenvalue weighted by Gasteiger charge is 2.43. The number of rotatable bonds is 3. The summed E-state index contributed by atoms with van der Waals surface area (Å²) in [4.78, 5) is 24.8. The molecular formula is C15H23NO3. The van der Waals surface area contributed by atoms with E-state index in [2.05, 4.69) is 0 Å². The van der Waals surface area contributed by atoms with Crippen LogP contribution < -0.4 is 0 Å². The molecular weight excluding hydrogens is 242 g/mol. The molecule has 0 radical (unpaired) electrons. The number of carbonyl (C=O) groups excluding carboxylic acids is 2. The Morgan fingerprint density at radius 3 is 2.63 bits per heavy atom. The lowest BCUT2D eigenvalue weighted by molar-refractivity contribution is -0.125. The fraction of sp³-hybridized carbons (Fsp3) is 0.733. The van der Waals surface area contributed by atoms with Gasteiger partial charge in [-0.3, -0.25) is 4.79 Å². The maximum absolute atomic E-state index is 12.1. The van der Waals surface area contributed by atoms with Gasteiger partial charge >= 0.3 is 6.09 Å². The van der Waals surface area contributed by atoms with Crippen molar-refractivity contribution in [3.63, 3.8) is 0 Å². The van der Waals surface area contributed by atoms with Crippen molar-refractivity contribution in [3.8, 4) is 0 Å². The van der Waals surface area contributed by atoms with Crippen LogP contribution in [0.5, 0.6) is 0 Å². The minimum Gasteiger partial charge on any atom is -0.447 e. The molecule has 0 atom stereocenters. The third kappa shape index (κ3) is 3.37. The lowest BCUT2D eigenvalue weighted by Crippen LogP contribution is -2.45. The quantitative estimate of drug-likeness (QED) is 0.736. The fourth-order valence-corrected chi connectivity index (χ4v) is 2.86. The van der Waals surface area contributed by atoms with Crippen molar-refractivity contribution in [2.45, 2.75) is 57.9 Å². The molecule has 106 valence electrons. The van der Waals surface area contributed by atoms with E-state index in [0.29, 0.717) is 5.92 Å². The topological polar surface area (TPSA) is 46.6 Å². The van der Waals surface area contributed by atoms with E-state index in [1.165, 1.54) is 43.1 Å². The summed E-state index contributed by atoms with van der Waals surface area (Å²) < 4.78 is 4.93. The monoisotopic (exact) mass is 265 g/mol. The largest absolute Gasteiger partial charge is 0.447 e. The van der Waals surface area contributed by atoms with Gasteiger partial charge < -0.3 is 4.74 Å². The van der Waals surface area contributed by atoms with Gasteiger partial charge in [-0.15, -0.1) is 0 Å². The van der Waals surface area contributed by atoms with Gasteiger partial charge in [0.05, 0.1) is 5.54 Å². The molecule has 19 heavy (non-hydrogen) atoms. The molecule has 0 spiro atoms. The van der Waals surface area contributed by atoms with Crippen LogP contribution in [0.1, 0.15) is 52.4 Å². The molecule has 1 aliphatic carbocycles. The molecule has 0 aromatic rings. The molecule has 2 amide bonds. The number of imide groups is 1. The number of allylic oxidation sites excluding steroid dienone is 1. The van der Waals surface area contributed by atoms with Gasteiger partial charge in [-0.25, -0.2) is 9.69 Å². The van der Waals surface area contributed by atoms with Crippen LogP contribution in [0, 0.1) is 5.92 Å². The number of carbonyl (C=O) groups is 2. The number of hydrogen-bond donors (Lipinski definition) is 0. The molecule has 2 aliphatic rings. The summed E-state index contributed by atoms with van der Waals surface area (Å²) in [5.41, 5.74) is -0.538. The molecule has 4 nitrogen and oxygen atoms in total. The third-order valence-electron chi connectivity index (χ3n) is 4.01. The number of cyclic esters (lactones) is 1. The minimum absolute atomic E-state index is 0.261. The number of nitrogens with zero attached hydrogens (tertiary/aromatic N) is 1.